The fourth-order valence-electron chi connectivity index (χ4n) is 2.82. The maximum absolute atomic E-state index is 12.3. The first kappa shape index (κ1) is 19.1. The van der Waals surface area contributed by atoms with Gasteiger partial charge in [0.2, 0.25) is 0 Å². The Morgan fingerprint density at radius 1 is 0.967 bits per heavy atom. The molecular formula is C24H20N4O2. The van der Waals surface area contributed by atoms with Crippen molar-refractivity contribution in [2.24, 2.45) is 5.10 Å². The van der Waals surface area contributed by atoms with Gasteiger partial charge in [-0.2, -0.15) is 10.2 Å². The molecule has 30 heavy (non-hydrogen) atoms. The Labute approximate surface area is 174 Å². The summed E-state index contributed by atoms with van der Waals surface area (Å²) in [5.74, 6) is 1.07. The molecular weight excluding hydrogens is 376 g/mol. The standard InChI is InChI=1S/C24H20N4O2/c1-17-10-12-19(13-11-17)22-15-23(27-26-22)24(29)28-25-16-18-6-5-9-21(14-18)30-20-7-3-2-4-8-20/h2-16H,1H3,(H,26,27)(H,28,29). The lowest BCUT2D eigenvalue weighted by molar-refractivity contribution is 0.0950. The zero-order chi connectivity index (χ0) is 20.8. The highest BCUT2D eigenvalue weighted by Crippen LogP contribution is 2.21. The molecule has 0 spiro atoms. The highest BCUT2D eigenvalue weighted by molar-refractivity contribution is 5.94. The fraction of sp³-hybridized carbons (Fsp3) is 0.0417. The number of hydrogen-bond acceptors (Lipinski definition) is 4. The van der Waals surface area contributed by atoms with Crippen LogP contribution in [0.4, 0.5) is 0 Å². The van der Waals surface area contributed by atoms with E-state index in [4.69, 9.17) is 4.74 Å². The molecule has 1 heterocycles. The Hall–Kier alpha value is -4.19. The highest BCUT2D eigenvalue weighted by Gasteiger charge is 2.10. The van der Waals surface area contributed by atoms with Gasteiger partial charge in [0, 0.05) is 5.56 Å². The van der Waals surface area contributed by atoms with E-state index in [2.05, 4.69) is 20.7 Å². The zero-order valence-corrected chi connectivity index (χ0v) is 16.4. The van der Waals surface area contributed by atoms with Gasteiger partial charge in [-0.05, 0) is 42.8 Å². The van der Waals surface area contributed by atoms with Gasteiger partial charge in [-0.25, -0.2) is 5.43 Å². The van der Waals surface area contributed by atoms with Crippen LogP contribution in [0.15, 0.2) is 90.0 Å². The average Bonchev–Trinajstić information content (AvgIpc) is 3.26. The van der Waals surface area contributed by atoms with Crippen molar-refractivity contribution in [3.8, 4) is 22.8 Å². The number of H-pyrrole nitrogens is 1. The number of hydrazone groups is 1. The van der Waals surface area contributed by atoms with Crippen LogP contribution in [0, 0.1) is 6.92 Å². The smallest absolute Gasteiger partial charge is 0.289 e. The van der Waals surface area contributed by atoms with Crippen LogP contribution in [0.25, 0.3) is 11.3 Å². The van der Waals surface area contributed by atoms with Crippen LogP contribution in [-0.2, 0) is 0 Å². The van der Waals surface area contributed by atoms with E-state index < -0.39 is 0 Å². The number of nitrogens with zero attached hydrogens (tertiary/aromatic N) is 2. The lowest BCUT2D eigenvalue weighted by Crippen LogP contribution is -2.18. The van der Waals surface area contributed by atoms with Gasteiger partial charge in [-0.15, -0.1) is 0 Å². The molecule has 0 atom stereocenters. The Morgan fingerprint density at radius 2 is 1.73 bits per heavy atom. The molecule has 0 saturated heterocycles. The van der Waals surface area contributed by atoms with E-state index in [-0.39, 0.29) is 5.91 Å². The molecule has 0 aliphatic heterocycles. The first-order valence-corrected chi connectivity index (χ1v) is 9.46. The van der Waals surface area contributed by atoms with E-state index in [0.717, 1.165) is 16.9 Å². The summed E-state index contributed by atoms with van der Waals surface area (Å²) in [7, 11) is 0. The predicted octanol–water partition coefficient (Wildman–Crippen LogP) is 4.94. The molecule has 6 nitrogen and oxygen atoms in total. The molecule has 0 fully saturated rings. The van der Waals surface area contributed by atoms with Crippen LogP contribution in [0.1, 0.15) is 21.6 Å². The molecule has 0 radical (unpaired) electrons. The van der Waals surface area contributed by atoms with Gasteiger partial charge in [-0.1, -0.05) is 60.2 Å². The molecule has 0 bridgehead atoms. The number of aromatic amines is 1. The van der Waals surface area contributed by atoms with Crippen LogP contribution < -0.4 is 10.2 Å². The maximum Gasteiger partial charge on any atom is 0.289 e. The van der Waals surface area contributed by atoms with Crippen LogP contribution in [-0.4, -0.2) is 22.3 Å². The lowest BCUT2D eigenvalue weighted by Gasteiger charge is -2.05. The number of rotatable bonds is 6. The molecule has 0 unspecified atom stereocenters. The summed E-state index contributed by atoms with van der Waals surface area (Å²) in [6.45, 7) is 2.02. The topological polar surface area (TPSA) is 79.4 Å². The second-order valence-corrected chi connectivity index (χ2v) is 6.72. The van der Waals surface area contributed by atoms with E-state index in [0.29, 0.717) is 17.1 Å². The Kier molecular flexibility index (Phi) is 5.66. The molecule has 0 aliphatic rings. The van der Waals surface area contributed by atoms with Gasteiger partial charge in [0.25, 0.3) is 5.91 Å². The van der Waals surface area contributed by atoms with Gasteiger partial charge in [0.15, 0.2) is 0 Å². The maximum atomic E-state index is 12.3. The summed E-state index contributed by atoms with van der Waals surface area (Å²) in [5, 5.41) is 11.0. The molecule has 3 aromatic carbocycles. The van der Waals surface area contributed by atoms with Crippen molar-refractivity contribution in [3.63, 3.8) is 0 Å². The summed E-state index contributed by atoms with van der Waals surface area (Å²) in [6.07, 6.45) is 1.56. The molecule has 6 heteroatoms. The lowest BCUT2D eigenvalue weighted by atomic mass is 10.1. The fourth-order valence-corrected chi connectivity index (χ4v) is 2.82. The van der Waals surface area contributed by atoms with E-state index >= 15 is 0 Å². The summed E-state index contributed by atoms with van der Waals surface area (Å²) in [6, 6.07) is 26.6. The molecule has 1 aromatic heterocycles. The number of amides is 1. The summed E-state index contributed by atoms with van der Waals surface area (Å²) in [5.41, 5.74) is 6.46. The third kappa shape index (κ3) is 4.80. The minimum absolute atomic E-state index is 0.337. The quantitative estimate of drug-likeness (QED) is 0.358. The van der Waals surface area contributed by atoms with Gasteiger partial charge >= 0.3 is 0 Å². The molecule has 2 N–H and O–H groups in total. The number of carbonyl (C=O) groups is 1. The van der Waals surface area contributed by atoms with Crippen LogP contribution >= 0.6 is 0 Å². The van der Waals surface area contributed by atoms with Gasteiger partial charge in [0.05, 0.1) is 11.9 Å². The molecule has 0 aliphatic carbocycles. The van der Waals surface area contributed by atoms with Crippen molar-refractivity contribution in [1.29, 1.82) is 0 Å². The van der Waals surface area contributed by atoms with Crippen molar-refractivity contribution < 1.29 is 9.53 Å². The van der Waals surface area contributed by atoms with Gasteiger partial charge in [-0.3, -0.25) is 9.89 Å². The number of aromatic nitrogens is 2. The Morgan fingerprint density at radius 3 is 2.53 bits per heavy atom. The van der Waals surface area contributed by atoms with E-state index in [1.165, 1.54) is 5.56 Å². The van der Waals surface area contributed by atoms with Gasteiger partial charge < -0.3 is 4.74 Å². The third-order valence-corrected chi connectivity index (χ3v) is 4.39. The third-order valence-electron chi connectivity index (χ3n) is 4.39. The van der Waals surface area contributed by atoms with Crippen LogP contribution in [0.2, 0.25) is 0 Å². The molecule has 148 valence electrons. The normalized spacial score (nSPS) is 10.8. The second-order valence-electron chi connectivity index (χ2n) is 6.72. The number of ether oxygens (including phenoxy) is 1. The highest BCUT2D eigenvalue weighted by atomic mass is 16.5. The first-order valence-electron chi connectivity index (χ1n) is 9.46. The second kappa shape index (κ2) is 8.87. The summed E-state index contributed by atoms with van der Waals surface area (Å²) < 4.78 is 5.81. The number of aryl methyl sites for hydroxylation is 1. The number of para-hydroxylation sites is 1. The van der Waals surface area contributed by atoms with E-state index in [1.54, 1.807) is 12.3 Å². The Balaban J connectivity index is 1.38. The predicted molar refractivity (Wildman–Crippen MR) is 117 cm³/mol. The van der Waals surface area contributed by atoms with Crippen molar-refractivity contribution in [3.05, 3.63) is 102 Å². The first-order chi connectivity index (χ1) is 14.7. The van der Waals surface area contributed by atoms with E-state index in [1.807, 2.05) is 85.8 Å². The summed E-state index contributed by atoms with van der Waals surface area (Å²) in [4.78, 5) is 12.3. The van der Waals surface area contributed by atoms with Crippen molar-refractivity contribution in [2.75, 3.05) is 0 Å². The average molecular weight is 396 g/mol. The van der Waals surface area contributed by atoms with Crippen molar-refractivity contribution in [2.45, 2.75) is 6.92 Å². The summed E-state index contributed by atoms with van der Waals surface area (Å²) >= 11 is 0. The molecule has 1 amide bonds. The Bertz CT molecular complexity index is 1170. The minimum Gasteiger partial charge on any atom is -0.457 e. The number of nitrogens with one attached hydrogen (secondary N) is 2. The minimum atomic E-state index is -0.367. The van der Waals surface area contributed by atoms with Crippen LogP contribution in [0.5, 0.6) is 11.5 Å². The van der Waals surface area contributed by atoms with Crippen molar-refractivity contribution >= 4 is 12.1 Å². The molecule has 4 aromatic rings. The largest absolute Gasteiger partial charge is 0.457 e. The SMILES string of the molecule is Cc1ccc(-c2cc(C(=O)NN=Cc3cccc(Oc4ccccc4)c3)[nH]n2)cc1. The molecule has 0 saturated carbocycles. The number of hydrogen-bond donors (Lipinski definition) is 2. The van der Waals surface area contributed by atoms with E-state index in [9.17, 15) is 4.79 Å². The number of benzene rings is 3. The molecule has 4 rings (SSSR count). The number of carbonyl (C=O) groups excluding carboxylic acids is 1. The zero-order valence-electron chi connectivity index (χ0n) is 16.4. The van der Waals surface area contributed by atoms with Crippen molar-refractivity contribution in [1.82, 2.24) is 15.6 Å². The van der Waals surface area contributed by atoms with Crippen LogP contribution in [0.3, 0.4) is 0 Å². The van der Waals surface area contributed by atoms with Gasteiger partial charge in [0.1, 0.15) is 17.2 Å². The monoisotopic (exact) mass is 396 g/mol.